The smallest absolute Gasteiger partial charge is 0.343 e. The Hall–Kier alpha value is -4.68. The van der Waals surface area contributed by atoms with Crippen LogP contribution in [0.5, 0.6) is 5.75 Å². The maximum atomic E-state index is 12.7. The van der Waals surface area contributed by atoms with Gasteiger partial charge in [-0.05, 0) is 79.8 Å². The molecule has 0 amide bonds. The summed E-state index contributed by atoms with van der Waals surface area (Å²) in [5.74, 6) is -2.69. The van der Waals surface area contributed by atoms with Crippen LogP contribution in [0.15, 0.2) is 88.4 Å². The third-order valence-electron chi connectivity index (χ3n) is 6.09. The second-order valence-corrected chi connectivity index (χ2v) is 10.6. The Morgan fingerprint density at radius 3 is 2.19 bits per heavy atom. The summed E-state index contributed by atoms with van der Waals surface area (Å²) in [6.45, 7) is 5.22. The standard InChI is InChI=1S/C30H30N2O9S/c1-3-28(33)40-17-7-5-4-6-8-21-10-12-22(13-11-21)30(36)41-26-16-15-23(18-25(26)29(34)35)31-32-24-14-9-20(2)27(19-24)42(37,38)39/h3,9-16,18-19H,1,4-8,17H2,2H3,(H,34,35)(H,37,38,39)/b32-31+. The molecule has 0 aliphatic rings. The monoisotopic (exact) mass is 594 g/mol. The lowest BCUT2D eigenvalue weighted by Gasteiger charge is -2.09. The fourth-order valence-corrected chi connectivity index (χ4v) is 4.61. The van der Waals surface area contributed by atoms with Crippen molar-refractivity contribution in [3.05, 3.63) is 95.6 Å². The number of benzene rings is 3. The number of rotatable bonds is 14. The van der Waals surface area contributed by atoms with Gasteiger partial charge in [0.2, 0.25) is 0 Å². The van der Waals surface area contributed by atoms with Gasteiger partial charge < -0.3 is 14.6 Å². The molecule has 0 aliphatic carbocycles. The normalized spacial score (nSPS) is 11.3. The highest BCUT2D eigenvalue weighted by atomic mass is 32.2. The number of aryl methyl sites for hydroxylation is 2. The van der Waals surface area contributed by atoms with Gasteiger partial charge in [0.15, 0.2) is 0 Å². The zero-order valence-electron chi connectivity index (χ0n) is 22.9. The van der Waals surface area contributed by atoms with E-state index in [0.29, 0.717) is 12.2 Å². The number of nitrogens with zero attached hydrogens (tertiary/aromatic N) is 2. The summed E-state index contributed by atoms with van der Waals surface area (Å²) < 4.78 is 42.7. The molecule has 0 fully saturated rings. The quantitative estimate of drug-likeness (QED) is 0.0535. The predicted molar refractivity (Wildman–Crippen MR) is 153 cm³/mol. The number of esters is 2. The highest BCUT2D eigenvalue weighted by Gasteiger charge is 2.17. The number of carbonyl (C=O) groups is 3. The van der Waals surface area contributed by atoms with Crippen LogP contribution in [0.25, 0.3) is 0 Å². The van der Waals surface area contributed by atoms with Gasteiger partial charge in [0.25, 0.3) is 10.1 Å². The largest absolute Gasteiger partial charge is 0.478 e. The second-order valence-electron chi connectivity index (χ2n) is 9.23. The van der Waals surface area contributed by atoms with Gasteiger partial charge in [-0.25, -0.2) is 14.4 Å². The Morgan fingerprint density at radius 2 is 1.55 bits per heavy atom. The van der Waals surface area contributed by atoms with E-state index in [2.05, 4.69) is 16.8 Å². The van der Waals surface area contributed by atoms with Gasteiger partial charge in [-0.3, -0.25) is 4.55 Å². The summed E-state index contributed by atoms with van der Waals surface area (Å²) in [7, 11) is -4.45. The first-order valence-electron chi connectivity index (χ1n) is 13.0. The van der Waals surface area contributed by atoms with E-state index in [1.165, 1.54) is 37.3 Å². The van der Waals surface area contributed by atoms with Crippen molar-refractivity contribution in [1.82, 2.24) is 0 Å². The fraction of sp³-hybridized carbons (Fsp3) is 0.233. The first kappa shape index (κ1) is 31.8. The molecule has 0 aliphatic heterocycles. The van der Waals surface area contributed by atoms with E-state index < -0.39 is 28.0 Å². The average Bonchev–Trinajstić information content (AvgIpc) is 2.96. The van der Waals surface area contributed by atoms with Crippen molar-refractivity contribution in [2.24, 2.45) is 10.2 Å². The summed E-state index contributed by atoms with van der Waals surface area (Å²) in [4.78, 5) is 35.2. The Bertz CT molecular complexity index is 1600. The zero-order valence-corrected chi connectivity index (χ0v) is 23.7. The first-order valence-corrected chi connectivity index (χ1v) is 14.4. The maximum Gasteiger partial charge on any atom is 0.343 e. The van der Waals surface area contributed by atoms with Crippen LogP contribution >= 0.6 is 0 Å². The molecule has 0 radical (unpaired) electrons. The van der Waals surface area contributed by atoms with Gasteiger partial charge in [0, 0.05) is 6.08 Å². The third kappa shape index (κ3) is 9.46. The Labute approximate surface area is 243 Å². The highest BCUT2D eigenvalue weighted by Crippen LogP contribution is 2.28. The molecule has 11 nitrogen and oxygen atoms in total. The molecule has 0 bridgehead atoms. The molecule has 3 aromatic rings. The van der Waals surface area contributed by atoms with E-state index in [9.17, 15) is 32.5 Å². The van der Waals surface area contributed by atoms with Crippen LogP contribution in [0.1, 0.15) is 57.5 Å². The molecule has 3 rings (SSSR count). The van der Waals surface area contributed by atoms with Crippen molar-refractivity contribution >= 4 is 39.4 Å². The number of aromatic carboxylic acids is 1. The molecule has 0 unspecified atom stereocenters. The molecule has 0 saturated heterocycles. The number of unbranched alkanes of at least 4 members (excludes halogenated alkanes) is 3. The molecule has 42 heavy (non-hydrogen) atoms. The van der Waals surface area contributed by atoms with E-state index in [1.54, 1.807) is 12.1 Å². The van der Waals surface area contributed by atoms with Gasteiger partial charge in [0.05, 0.1) is 28.4 Å². The van der Waals surface area contributed by atoms with Crippen LogP contribution in [0.4, 0.5) is 11.4 Å². The van der Waals surface area contributed by atoms with Gasteiger partial charge in [-0.1, -0.05) is 37.6 Å². The van der Waals surface area contributed by atoms with Crippen LogP contribution in [-0.2, 0) is 26.1 Å². The number of azo groups is 1. The van der Waals surface area contributed by atoms with E-state index in [0.717, 1.165) is 49.8 Å². The van der Waals surface area contributed by atoms with Crippen molar-refractivity contribution in [3.8, 4) is 5.75 Å². The zero-order chi connectivity index (χ0) is 30.7. The molecule has 3 aromatic carbocycles. The topological polar surface area (TPSA) is 169 Å². The highest BCUT2D eigenvalue weighted by molar-refractivity contribution is 7.85. The number of carboxylic acids is 1. The van der Waals surface area contributed by atoms with Crippen molar-refractivity contribution in [3.63, 3.8) is 0 Å². The first-order chi connectivity index (χ1) is 20.0. The third-order valence-corrected chi connectivity index (χ3v) is 7.08. The van der Waals surface area contributed by atoms with Crippen molar-refractivity contribution < 1.29 is 41.9 Å². The summed E-state index contributed by atoms with van der Waals surface area (Å²) in [6.07, 6.45) is 5.52. The number of hydrogen-bond acceptors (Lipinski definition) is 9. The fourth-order valence-electron chi connectivity index (χ4n) is 3.86. The van der Waals surface area contributed by atoms with Crippen LogP contribution in [0, 0.1) is 6.92 Å². The SMILES string of the molecule is C=CC(=O)OCCCCCCc1ccc(C(=O)Oc2ccc(/N=N/c3ccc(C)c(S(=O)(=O)O)c3)cc2C(=O)O)cc1. The van der Waals surface area contributed by atoms with Gasteiger partial charge in [-0.15, -0.1) is 0 Å². The van der Waals surface area contributed by atoms with E-state index in [1.807, 2.05) is 12.1 Å². The Morgan fingerprint density at radius 1 is 0.905 bits per heavy atom. The molecule has 2 N–H and O–H groups in total. The summed E-state index contributed by atoms with van der Waals surface area (Å²) >= 11 is 0. The number of carbonyl (C=O) groups excluding carboxylic acids is 2. The number of ether oxygens (including phenoxy) is 2. The minimum atomic E-state index is -4.45. The molecule has 0 heterocycles. The number of carboxylic acid groups (broad SMARTS) is 1. The molecule has 0 saturated carbocycles. The predicted octanol–water partition coefficient (Wildman–Crippen LogP) is 6.41. The van der Waals surface area contributed by atoms with Crippen molar-refractivity contribution in [2.75, 3.05) is 6.61 Å². The molecule has 0 aromatic heterocycles. The van der Waals surface area contributed by atoms with Gasteiger partial charge >= 0.3 is 17.9 Å². The van der Waals surface area contributed by atoms with Crippen molar-refractivity contribution in [2.45, 2.75) is 43.9 Å². The summed E-state index contributed by atoms with van der Waals surface area (Å²) in [5.41, 5.74) is 1.51. The van der Waals surface area contributed by atoms with E-state index in [-0.39, 0.29) is 33.1 Å². The molecule has 12 heteroatoms. The maximum absolute atomic E-state index is 12.7. The molecule has 0 atom stereocenters. The average molecular weight is 595 g/mol. The second kappa shape index (κ2) is 14.8. The Kier molecular flexibility index (Phi) is 11.2. The molecular formula is C30H30N2O9S. The van der Waals surface area contributed by atoms with Gasteiger partial charge in [-0.2, -0.15) is 18.6 Å². The van der Waals surface area contributed by atoms with Crippen molar-refractivity contribution in [1.29, 1.82) is 0 Å². The lowest BCUT2D eigenvalue weighted by atomic mass is 10.0. The van der Waals surface area contributed by atoms with Crippen LogP contribution in [0.3, 0.4) is 0 Å². The van der Waals surface area contributed by atoms with Gasteiger partial charge in [0.1, 0.15) is 11.3 Å². The minimum absolute atomic E-state index is 0.114. The molecule has 220 valence electrons. The summed E-state index contributed by atoms with van der Waals surface area (Å²) in [6, 6.07) is 14.7. The van der Waals surface area contributed by atoms with Crippen LogP contribution in [-0.4, -0.2) is 42.6 Å². The molecular weight excluding hydrogens is 564 g/mol. The summed E-state index contributed by atoms with van der Waals surface area (Å²) in [5, 5.41) is 17.5. The van der Waals surface area contributed by atoms with E-state index in [4.69, 9.17) is 9.47 Å². The minimum Gasteiger partial charge on any atom is -0.478 e. The van der Waals surface area contributed by atoms with Crippen LogP contribution in [0.2, 0.25) is 0 Å². The molecule has 0 spiro atoms. The lowest BCUT2D eigenvalue weighted by molar-refractivity contribution is -0.137. The lowest BCUT2D eigenvalue weighted by Crippen LogP contribution is -2.11. The van der Waals surface area contributed by atoms with Crippen LogP contribution < -0.4 is 4.74 Å². The Balaban J connectivity index is 1.60. The number of hydrogen-bond donors (Lipinski definition) is 2. The van der Waals surface area contributed by atoms with E-state index >= 15 is 0 Å².